The van der Waals surface area contributed by atoms with Crippen molar-refractivity contribution in [2.45, 2.75) is 25.5 Å². The number of hydrogen-bond acceptors (Lipinski definition) is 4. The van der Waals surface area contributed by atoms with Gasteiger partial charge in [0.05, 0.1) is 12.7 Å². The molecule has 4 nitrogen and oxygen atoms in total. The van der Waals surface area contributed by atoms with Crippen molar-refractivity contribution in [1.29, 1.82) is 0 Å². The van der Waals surface area contributed by atoms with Crippen LogP contribution in [0.15, 0.2) is 24.3 Å². The van der Waals surface area contributed by atoms with Gasteiger partial charge in [0.15, 0.2) is 0 Å². The standard InChI is InChI=1S/C12H20N2O2/c1-2-16-10-5-3-9(4-6-10)12(15)11(14)7-8-13/h3-6,11-12,15H,2,7-8,13-14H2,1H3. The number of aliphatic hydroxyl groups is 1. The SMILES string of the molecule is CCOc1ccc(C(O)C(N)CCN)cc1. The molecule has 2 atom stereocenters. The molecule has 0 heterocycles. The normalized spacial score (nSPS) is 14.5. The number of hydrogen-bond donors (Lipinski definition) is 3. The second-order valence-electron chi connectivity index (χ2n) is 3.69. The fourth-order valence-electron chi connectivity index (χ4n) is 1.53. The van der Waals surface area contributed by atoms with E-state index in [1.54, 1.807) is 0 Å². The Hall–Kier alpha value is -1.10. The van der Waals surface area contributed by atoms with Crippen LogP contribution in [0.25, 0.3) is 0 Å². The fourth-order valence-corrected chi connectivity index (χ4v) is 1.53. The maximum absolute atomic E-state index is 9.92. The molecule has 0 spiro atoms. The monoisotopic (exact) mass is 224 g/mol. The zero-order valence-electron chi connectivity index (χ0n) is 9.60. The molecule has 0 aromatic heterocycles. The molecule has 16 heavy (non-hydrogen) atoms. The van der Waals surface area contributed by atoms with Crippen LogP contribution < -0.4 is 16.2 Å². The predicted octanol–water partition coefficient (Wildman–Crippen LogP) is 0.795. The van der Waals surface area contributed by atoms with Gasteiger partial charge >= 0.3 is 0 Å². The highest BCUT2D eigenvalue weighted by molar-refractivity contribution is 5.29. The number of aliphatic hydroxyl groups excluding tert-OH is 1. The van der Waals surface area contributed by atoms with Gasteiger partial charge in [0.2, 0.25) is 0 Å². The summed E-state index contributed by atoms with van der Waals surface area (Å²) >= 11 is 0. The van der Waals surface area contributed by atoms with Crippen LogP contribution in [-0.4, -0.2) is 24.3 Å². The van der Waals surface area contributed by atoms with E-state index in [4.69, 9.17) is 16.2 Å². The number of rotatable bonds is 6. The minimum Gasteiger partial charge on any atom is -0.494 e. The van der Waals surface area contributed by atoms with E-state index in [-0.39, 0.29) is 6.04 Å². The van der Waals surface area contributed by atoms with Crippen LogP contribution in [0.5, 0.6) is 5.75 Å². The minimum atomic E-state index is -0.667. The Balaban J connectivity index is 2.65. The lowest BCUT2D eigenvalue weighted by Crippen LogP contribution is -2.30. The summed E-state index contributed by atoms with van der Waals surface area (Å²) in [6, 6.07) is 7.00. The molecule has 1 rings (SSSR count). The molecule has 90 valence electrons. The lowest BCUT2D eigenvalue weighted by atomic mass is 10.0. The average Bonchev–Trinajstić information content (AvgIpc) is 2.30. The Labute approximate surface area is 96.2 Å². The molecule has 4 heteroatoms. The highest BCUT2D eigenvalue weighted by Gasteiger charge is 2.15. The first-order valence-corrected chi connectivity index (χ1v) is 5.55. The van der Waals surface area contributed by atoms with Gasteiger partial charge in [-0.2, -0.15) is 0 Å². The van der Waals surface area contributed by atoms with Crippen LogP contribution in [0.3, 0.4) is 0 Å². The van der Waals surface area contributed by atoms with Crippen molar-refractivity contribution in [1.82, 2.24) is 0 Å². The molecule has 0 aliphatic heterocycles. The summed E-state index contributed by atoms with van der Waals surface area (Å²) in [5, 5.41) is 9.92. The average molecular weight is 224 g/mol. The van der Waals surface area contributed by atoms with E-state index < -0.39 is 6.10 Å². The Bertz CT molecular complexity index is 300. The van der Waals surface area contributed by atoms with Crippen molar-refractivity contribution in [3.63, 3.8) is 0 Å². The van der Waals surface area contributed by atoms with E-state index >= 15 is 0 Å². The number of ether oxygens (including phenoxy) is 1. The van der Waals surface area contributed by atoms with Crippen molar-refractivity contribution < 1.29 is 9.84 Å². The highest BCUT2D eigenvalue weighted by Crippen LogP contribution is 2.20. The maximum Gasteiger partial charge on any atom is 0.119 e. The van der Waals surface area contributed by atoms with Gasteiger partial charge < -0.3 is 21.3 Å². The topological polar surface area (TPSA) is 81.5 Å². The summed E-state index contributed by atoms with van der Waals surface area (Å²) in [6.45, 7) is 3.05. The lowest BCUT2D eigenvalue weighted by Gasteiger charge is -2.18. The molecule has 0 saturated heterocycles. The van der Waals surface area contributed by atoms with Gasteiger partial charge in [-0.3, -0.25) is 0 Å². The zero-order chi connectivity index (χ0) is 12.0. The van der Waals surface area contributed by atoms with E-state index in [2.05, 4.69) is 0 Å². The Kier molecular flexibility index (Phi) is 5.25. The zero-order valence-corrected chi connectivity index (χ0v) is 9.60. The molecule has 5 N–H and O–H groups in total. The molecule has 2 unspecified atom stereocenters. The summed E-state index contributed by atoms with van der Waals surface area (Å²) < 4.78 is 5.32. The third kappa shape index (κ3) is 3.48. The lowest BCUT2D eigenvalue weighted by molar-refractivity contribution is 0.143. The van der Waals surface area contributed by atoms with Gasteiger partial charge in [-0.25, -0.2) is 0 Å². The van der Waals surface area contributed by atoms with Gasteiger partial charge in [-0.15, -0.1) is 0 Å². The van der Waals surface area contributed by atoms with Crippen LogP contribution in [-0.2, 0) is 0 Å². The summed E-state index contributed by atoms with van der Waals surface area (Å²) in [5.74, 6) is 0.797. The molecule has 0 aliphatic rings. The first kappa shape index (κ1) is 13.0. The third-order valence-electron chi connectivity index (χ3n) is 2.44. The van der Waals surface area contributed by atoms with E-state index in [1.165, 1.54) is 0 Å². The predicted molar refractivity (Wildman–Crippen MR) is 64.2 cm³/mol. The molecule has 0 fully saturated rings. The molecular formula is C12H20N2O2. The largest absolute Gasteiger partial charge is 0.494 e. The molecular weight excluding hydrogens is 204 g/mol. The van der Waals surface area contributed by atoms with E-state index in [9.17, 15) is 5.11 Å². The third-order valence-corrected chi connectivity index (χ3v) is 2.44. The minimum absolute atomic E-state index is 0.317. The van der Waals surface area contributed by atoms with Gasteiger partial charge in [-0.05, 0) is 37.6 Å². The van der Waals surface area contributed by atoms with E-state index in [0.717, 1.165) is 11.3 Å². The second kappa shape index (κ2) is 6.48. The Morgan fingerprint density at radius 2 is 1.94 bits per heavy atom. The van der Waals surface area contributed by atoms with Crippen LogP contribution >= 0.6 is 0 Å². The molecule has 1 aromatic rings. The van der Waals surface area contributed by atoms with Crippen molar-refractivity contribution >= 4 is 0 Å². The Morgan fingerprint density at radius 3 is 2.44 bits per heavy atom. The summed E-state index contributed by atoms with van der Waals surface area (Å²) in [7, 11) is 0. The first-order valence-electron chi connectivity index (χ1n) is 5.55. The quantitative estimate of drug-likeness (QED) is 0.667. The van der Waals surface area contributed by atoms with Crippen molar-refractivity contribution in [2.75, 3.05) is 13.2 Å². The summed E-state index contributed by atoms with van der Waals surface area (Å²) in [4.78, 5) is 0. The summed E-state index contributed by atoms with van der Waals surface area (Å²) in [6.07, 6.45) is -0.0618. The molecule has 0 amide bonds. The smallest absolute Gasteiger partial charge is 0.119 e. The molecule has 1 aromatic carbocycles. The van der Waals surface area contributed by atoms with E-state index in [1.807, 2.05) is 31.2 Å². The highest BCUT2D eigenvalue weighted by atomic mass is 16.5. The van der Waals surface area contributed by atoms with Crippen LogP contribution in [0.1, 0.15) is 25.0 Å². The van der Waals surface area contributed by atoms with Gasteiger partial charge in [0, 0.05) is 6.04 Å². The van der Waals surface area contributed by atoms with Crippen molar-refractivity contribution in [3.8, 4) is 5.75 Å². The molecule has 0 radical (unpaired) electrons. The molecule has 0 aliphatic carbocycles. The van der Waals surface area contributed by atoms with Crippen LogP contribution in [0.2, 0.25) is 0 Å². The van der Waals surface area contributed by atoms with Gasteiger partial charge in [0.25, 0.3) is 0 Å². The van der Waals surface area contributed by atoms with Crippen LogP contribution in [0, 0.1) is 0 Å². The Morgan fingerprint density at radius 1 is 1.31 bits per heavy atom. The summed E-state index contributed by atoms with van der Waals surface area (Å²) in [5.41, 5.74) is 12.0. The first-order chi connectivity index (χ1) is 7.69. The van der Waals surface area contributed by atoms with Gasteiger partial charge in [0.1, 0.15) is 5.75 Å². The van der Waals surface area contributed by atoms with Crippen molar-refractivity contribution in [2.24, 2.45) is 11.5 Å². The molecule has 0 bridgehead atoms. The molecule has 0 saturated carbocycles. The maximum atomic E-state index is 9.92. The number of nitrogens with two attached hydrogens (primary N) is 2. The second-order valence-corrected chi connectivity index (χ2v) is 3.69. The number of benzene rings is 1. The van der Waals surface area contributed by atoms with Crippen LogP contribution in [0.4, 0.5) is 0 Å². The van der Waals surface area contributed by atoms with E-state index in [0.29, 0.717) is 19.6 Å². The van der Waals surface area contributed by atoms with Crippen molar-refractivity contribution in [3.05, 3.63) is 29.8 Å². The fraction of sp³-hybridized carbons (Fsp3) is 0.500. The van der Waals surface area contributed by atoms with Gasteiger partial charge in [-0.1, -0.05) is 12.1 Å².